The predicted octanol–water partition coefficient (Wildman–Crippen LogP) is 1.80. The molecule has 1 amide bonds. The quantitative estimate of drug-likeness (QED) is 0.843. The summed E-state index contributed by atoms with van der Waals surface area (Å²) >= 11 is 0. The molecule has 1 aromatic heterocycles. The third-order valence-corrected chi connectivity index (χ3v) is 3.11. The predicted molar refractivity (Wildman–Crippen MR) is 72.2 cm³/mol. The average molecular weight is 268 g/mol. The first-order valence-corrected chi connectivity index (χ1v) is 6.24. The Bertz CT molecular complexity index is 655. The van der Waals surface area contributed by atoms with Crippen molar-refractivity contribution in [2.45, 2.75) is 12.5 Å². The minimum atomic E-state index is -0.808. The van der Waals surface area contributed by atoms with Crippen LogP contribution in [0.3, 0.4) is 0 Å². The van der Waals surface area contributed by atoms with Crippen LogP contribution in [0.15, 0.2) is 48.8 Å². The standard InChI is InChI=1S/C15H12N2O3/c18-14(17-11-5-3-7-16-9-11)13-8-10-4-1-2-6-12(10)15(19)20-13/h1-7,9,13H,8H2,(H,17,18)/t13-/m1/s1. The van der Waals surface area contributed by atoms with Gasteiger partial charge in [0.2, 0.25) is 0 Å². The smallest absolute Gasteiger partial charge is 0.339 e. The zero-order valence-corrected chi connectivity index (χ0v) is 10.6. The fraction of sp³-hybridized carbons (Fsp3) is 0.133. The van der Waals surface area contributed by atoms with E-state index in [2.05, 4.69) is 10.3 Å². The van der Waals surface area contributed by atoms with Crippen LogP contribution in [-0.2, 0) is 16.0 Å². The van der Waals surface area contributed by atoms with Gasteiger partial charge in [-0.05, 0) is 23.8 Å². The number of ether oxygens (including phenoxy) is 1. The largest absolute Gasteiger partial charge is 0.448 e. The molecule has 1 atom stereocenters. The monoisotopic (exact) mass is 268 g/mol. The lowest BCUT2D eigenvalue weighted by atomic mass is 9.98. The number of nitrogens with zero attached hydrogens (tertiary/aromatic N) is 1. The Morgan fingerprint density at radius 3 is 2.90 bits per heavy atom. The summed E-state index contributed by atoms with van der Waals surface area (Å²) < 4.78 is 5.18. The third kappa shape index (κ3) is 2.38. The van der Waals surface area contributed by atoms with Crippen LogP contribution in [0.25, 0.3) is 0 Å². The molecule has 0 radical (unpaired) electrons. The molecule has 1 N–H and O–H groups in total. The van der Waals surface area contributed by atoms with E-state index in [1.54, 1.807) is 30.5 Å². The Kier molecular flexibility index (Phi) is 3.16. The summed E-state index contributed by atoms with van der Waals surface area (Å²) in [5.74, 6) is -0.806. The first-order chi connectivity index (χ1) is 9.74. The van der Waals surface area contributed by atoms with Crippen LogP contribution in [0.2, 0.25) is 0 Å². The van der Waals surface area contributed by atoms with E-state index in [1.807, 2.05) is 12.1 Å². The van der Waals surface area contributed by atoms with E-state index in [1.165, 1.54) is 6.20 Å². The maximum Gasteiger partial charge on any atom is 0.339 e. The molecule has 2 aromatic rings. The van der Waals surface area contributed by atoms with Gasteiger partial charge in [0.15, 0.2) is 6.10 Å². The molecule has 1 aliphatic rings. The summed E-state index contributed by atoms with van der Waals surface area (Å²) in [6.45, 7) is 0. The van der Waals surface area contributed by atoms with Crippen LogP contribution in [0.4, 0.5) is 5.69 Å². The molecule has 0 spiro atoms. The van der Waals surface area contributed by atoms with Gasteiger partial charge >= 0.3 is 5.97 Å². The van der Waals surface area contributed by atoms with Gasteiger partial charge in [-0.25, -0.2) is 4.79 Å². The zero-order chi connectivity index (χ0) is 13.9. The number of rotatable bonds is 2. The normalized spacial score (nSPS) is 17.0. The van der Waals surface area contributed by atoms with Crippen molar-refractivity contribution in [3.05, 3.63) is 59.9 Å². The van der Waals surface area contributed by atoms with Gasteiger partial charge in [0.05, 0.1) is 17.4 Å². The second kappa shape index (κ2) is 5.13. The Labute approximate surface area is 115 Å². The van der Waals surface area contributed by atoms with E-state index < -0.39 is 12.1 Å². The molecule has 1 aromatic carbocycles. The summed E-state index contributed by atoms with van der Waals surface area (Å²) in [7, 11) is 0. The summed E-state index contributed by atoms with van der Waals surface area (Å²) in [6.07, 6.45) is 2.73. The van der Waals surface area contributed by atoms with E-state index in [-0.39, 0.29) is 5.91 Å². The number of benzene rings is 1. The second-order valence-corrected chi connectivity index (χ2v) is 4.49. The fourth-order valence-electron chi connectivity index (χ4n) is 2.14. The molecule has 3 rings (SSSR count). The number of carbonyl (C=O) groups excluding carboxylic acids is 2. The molecule has 0 fully saturated rings. The SMILES string of the molecule is O=C1O[C@@H](C(=O)Nc2cccnc2)Cc2ccccc21. The van der Waals surface area contributed by atoms with Crippen molar-refractivity contribution in [2.75, 3.05) is 5.32 Å². The van der Waals surface area contributed by atoms with Crippen molar-refractivity contribution in [1.29, 1.82) is 0 Å². The number of aromatic nitrogens is 1. The van der Waals surface area contributed by atoms with Crippen LogP contribution in [0, 0.1) is 0 Å². The number of fused-ring (bicyclic) bond motifs is 1. The molecule has 5 heteroatoms. The molecule has 1 aliphatic heterocycles. The van der Waals surface area contributed by atoms with Crippen LogP contribution in [0.5, 0.6) is 0 Å². The molecule has 2 heterocycles. The van der Waals surface area contributed by atoms with Crippen molar-refractivity contribution in [3.8, 4) is 0 Å². The number of esters is 1. The lowest BCUT2D eigenvalue weighted by Gasteiger charge is -2.23. The Morgan fingerprint density at radius 1 is 1.25 bits per heavy atom. The zero-order valence-electron chi connectivity index (χ0n) is 10.6. The third-order valence-electron chi connectivity index (χ3n) is 3.11. The lowest BCUT2D eigenvalue weighted by Crippen LogP contribution is -2.37. The molecule has 0 saturated carbocycles. The van der Waals surface area contributed by atoms with Crippen molar-refractivity contribution in [1.82, 2.24) is 4.98 Å². The van der Waals surface area contributed by atoms with Gasteiger partial charge in [-0.2, -0.15) is 0 Å². The molecule has 0 unspecified atom stereocenters. The van der Waals surface area contributed by atoms with Crippen molar-refractivity contribution in [2.24, 2.45) is 0 Å². The molecule has 20 heavy (non-hydrogen) atoms. The fourth-order valence-corrected chi connectivity index (χ4v) is 2.14. The number of cyclic esters (lactones) is 1. The van der Waals surface area contributed by atoms with Crippen LogP contribution in [0.1, 0.15) is 15.9 Å². The van der Waals surface area contributed by atoms with Crippen molar-refractivity contribution >= 4 is 17.6 Å². The van der Waals surface area contributed by atoms with Gasteiger partial charge in [0.25, 0.3) is 5.91 Å². The molecule has 0 saturated heterocycles. The number of nitrogens with one attached hydrogen (secondary N) is 1. The first kappa shape index (κ1) is 12.3. The van der Waals surface area contributed by atoms with Gasteiger partial charge in [0.1, 0.15) is 0 Å². The Hall–Kier alpha value is -2.69. The molecule has 100 valence electrons. The van der Waals surface area contributed by atoms with Gasteiger partial charge < -0.3 is 10.1 Å². The number of carbonyl (C=O) groups is 2. The highest BCUT2D eigenvalue weighted by molar-refractivity contribution is 5.99. The van der Waals surface area contributed by atoms with Gasteiger partial charge in [-0.15, -0.1) is 0 Å². The van der Waals surface area contributed by atoms with E-state index >= 15 is 0 Å². The summed E-state index contributed by atoms with van der Waals surface area (Å²) in [4.78, 5) is 27.9. The molecular weight excluding hydrogens is 256 g/mol. The summed E-state index contributed by atoms with van der Waals surface area (Å²) in [6, 6.07) is 10.6. The van der Waals surface area contributed by atoms with Crippen LogP contribution >= 0.6 is 0 Å². The average Bonchev–Trinajstić information content (AvgIpc) is 2.48. The minimum Gasteiger partial charge on any atom is -0.448 e. The van der Waals surface area contributed by atoms with Gasteiger partial charge in [0, 0.05) is 12.6 Å². The lowest BCUT2D eigenvalue weighted by molar-refractivity contribution is -0.125. The number of pyridine rings is 1. The Balaban J connectivity index is 1.76. The summed E-state index contributed by atoms with van der Waals surface area (Å²) in [5, 5.41) is 2.68. The van der Waals surface area contributed by atoms with Crippen LogP contribution < -0.4 is 5.32 Å². The Morgan fingerprint density at radius 2 is 2.10 bits per heavy atom. The van der Waals surface area contributed by atoms with Gasteiger partial charge in [-0.3, -0.25) is 9.78 Å². The number of anilines is 1. The highest BCUT2D eigenvalue weighted by atomic mass is 16.5. The highest BCUT2D eigenvalue weighted by Crippen LogP contribution is 2.21. The maximum absolute atomic E-state index is 12.1. The van der Waals surface area contributed by atoms with E-state index in [9.17, 15) is 9.59 Å². The molecule has 0 aliphatic carbocycles. The molecular formula is C15H12N2O3. The molecule has 0 bridgehead atoms. The van der Waals surface area contributed by atoms with Gasteiger partial charge in [-0.1, -0.05) is 18.2 Å². The topological polar surface area (TPSA) is 68.3 Å². The van der Waals surface area contributed by atoms with E-state index in [4.69, 9.17) is 4.74 Å². The number of hydrogen-bond acceptors (Lipinski definition) is 4. The number of amides is 1. The van der Waals surface area contributed by atoms with Crippen molar-refractivity contribution in [3.63, 3.8) is 0 Å². The summed E-state index contributed by atoms with van der Waals surface area (Å²) in [5.41, 5.74) is 1.93. The van der Waals surface area contributed by atoms with Crippen LogP contribution in [-0.4, -0.2) is 23.0 Å². The van der Waals surface area contributed by atoms with Crippen molar-refractivity contribution < 1.29 is 14.3 Å². The van der Waals surface area contributed by atoms with E-state index in [0.29, 0.717) is 17.7 Å². The first-order valence-electron chi connectivity index (χ1n) is 6.24. The minimum absolute atomic E-state index is 0.346. The maximum atomic E-state index is 12.1. The number of hydrogen-bond donors (Lipinski definition) is 1. The second-order valence-electron chi connectivity index (χ2n) is 4.49. The van der Waals surface area contributed by atoms with E-state index in [0.717, 1.165) is 5.56 Å². The molecule has 5 nitrogen and oxygen atoms in total. The highest BCUT2D eigenvalue weighted by Gasteiger charge is 2.30.